The maximum absolute atomic E-state index is 12.9. The summed E-state index contributed by atoms with van der Waals surface area (Å²) < 4.78 is 12.1. The smallest absolute Gasteiger partial charge is 0.264 e. The monoisotopic (exact) mass is 484 g/mol. The van der Waals surface area contributed by atoms with Crippen LogP contribution in [0.25, 0.3) is 10.9 Å². The summed E-state index contributed by atoms with van der Waals surface area (Å²) in [5.41, 5.74) is 0.342. The van der Waals surface area contributed by atoms with Crippen molar-refractivity contribution in [1.29, 1.82) is 0 Å². The van der Waals surface area contributed by atoms with Crippen molar-refractivity contribution in [3.8, 4) is 11.5 Å². The van der Waals surface area contributed by atoms with Crippen LogP contribution in [-0.4, -0.2) is 71.6 Å². The first-order valence-corrected chi connectivity index (χ1v) is 12.0. The molecule has 0 radical (unpaired) electrons. The van der Waals surface area contributed by atoms with Crippen molar-refractivity contribution in [2.45, 2.75) is 26.3 Å². The third kappa shape index (κ3) is 4.91. The number of methoxy groups -OCH3 is 2. The van der Waals surface area contributed by atoms with Gasteiger partial charge < -0.3 is 19.3 Å². The molecule has 3 heterocycles. The summed E-state index contributed by atoms with van der Waals surface area (Å²) >= 11 is 1.49. The summed E-state index contributed by atoms with van der Waals surface area (Å²) in [5, 5.41) is 0.438. The quantitative estimate of drug-likeness (QED) is 0.512. The highest BCUT2D eigenvalue weighted by Gasteiger charge is 2.25. The minimum absolute atomic E-state index is 0.0302. The van der Waals surface area contributed by atoms with Gasteiger partial charge in [0.05, 0.1) is 36.3 Å². The van der Waals surface area contributed by atoms with Crippen molar-refractivity contribution in [1.82, 2.24) is 19.4 Å². The molecular weight excluding hydrogens is 456 g/mol. The van der Waals surface area contributed by atoms with Crippen molar-refractivity contribution in [2.24, 2.45) is 0 Å². The first kappa shape index (κ1) is 23.7. The standard InChI is InChI=1S/C24H28N4O5S/c1-16-6-7-21(34-16)24(31)27-11-9-26(10-12-27)22(29)5-4-8-28-15-25-18-14-20(33-3)19(32-2)13-17(18)23(28)30/h6-7,13-15H,4-5,8-12H2,1-3H3. The molecular formula is C24H28N4O5S. The lowest BCUT2D eigenvalue weighted by molar-refractivity contribution is -0.132. The molecule has 10 heteroatoms. The van der Waals surface area contributed by atoms with E-state index in [1.807, 2.05) is 19.1 Å². The second kappa shape index (κ2) is 10.3. The number of fused-ring (bicyclic) bond motifs is 1. The van der Waals surface area contributed by atoms with Crippen LogP contribution in [0.3, 0.4) is 0 Å². The number of ether oxygens (including phenoxy) is 2. The Morgan fingerprint density at radius 2 is 1.71 bits per heavy atom. The van der Waals surface area contributed by atoms with E-state index in [4.69, 9.17) is 9.47 Å². The van der Waals surface area contributed by atoms with Crippen LogP contribution in [0.2, 0.25) is 0 Å². The molecule has 1 saturated heterocycles. The van der Waals surface area contributed by atoms with Crippen LogP contribution in [0.5, 0.6) is 11.5 Å². The van der Waals surface area contributed by atoms with E-state index in [0.717, 1.165) is 9.75 Å². The molecule has 9 nitrogen and oxygen atoms in total. The maximum Gasteiger partial charge on any atom is 0.264 e. The molecule has 1 aliphatic rings. The van der Waals surface area contributed by atoms with Gasteiger partial charge in [0.2, 0.25) is 5.91 Å². The fourth-order valence-electron chi connectivity index (χ4n) is 4.07. The lowest BCUT2D eigenvalue weighted by atomic mass is 10.2. The van der Waals surface area contributed by atoms with Crippen LogP contribution < -0.4 is 15.0 Å². The number of carbonyl (C=O) groups is 2. The number of hydrogen-bond acceptors (Lipinski definition) is 7. The Hall–Kier alpha value is -3.40. The van der Waals surface area contributed by atoms with E-state index in [9.17, 15) is 14.4 Å². The summed E-state index contributed by atoms with van der Waals surface area (Å²) in [5.74, 6) is 1.04. The van der Waals surface area contributed by atoms with Crippen LogP contribution in [0.15, 0.2) is 35.4 Å². The lowest BCUT2D eigenvalue weighted by Crippen LogP contribution is -2.50. The third-order valence-corrected chi connectivity index (χ3v) is 6.98. The number of amides is 2. The van der Waals surface area contributed by atoms with Crippen molar-refractivity contribution < 1.29 is 19.1 Å². The minimum atomic E-state index is -0.186. The van der Waals surface area contributed by atoms with Crippen molar-refractivity contribution in [2.75, 3.05) is 40.4 Å². The van der Waals surface area contributed by atoms with E-state index in [1.54, 1.807) is 21.9 Å². The van der Waals surface area contributed by atoms with E-state index in [0.29, 0.717) is 68.0 Å². The molecule has 1 aromatic carbocycles. The summed E-state index contributed by atoms with van der Waals surface area (Å²) in [6.45, 7) is 4.47. The SMILES string of the molecule is COc1cc2ncn(CCCC(=O)N3CCN(C(=O)c4ccc(C)s4)CC3)c(=O)c2cc1OC. The van der Waals surface area contributed by atoms with Gasteiger partial charge in [-0.25, -0.2) is 4.98 Å². The van der Waals surface area contributed by atoms with Gasteiger partial charge in [0.15, 0.2) is 11.5 Å². The van der Waals surface area contributed by atoms with Crippen LogP contribution in [0.4, 0.5) is 0 Å². The lowest BCUT2D eigenvalue weighted by Gasteiger charge is -2.34. The topological polar surface area (TPSA) is 94.0 Å². The fourth-order valence-corrected chi connectivity index (χ4v) is 4.90. The summed E-state index contributed by atoms with van der Waals surface area (Å²) in [6.07, 6.45) is 2.35. The molecule has 0 aliphatic carbocycles. The number of aryl methyl sites for hydroxylation is 2. The van der Waals surface area contributed by atoms with Crippen molar-refractivity contribution >= 4 is 34.1 Å². The van der Waals surface area contributed by atoms with E-state index < -0.39 is 0 Å². The van der Waals surface area contributed by atoms with Gasteiger partial charge in [-0.1, -0.05) is 0 Å². The number of benzene rings is 1. The van der Waals surface area contributed by atoms with E-state index >= 15 is 0 Å². The average Bonchev–Trinajstić information content (AvgIpc) is 3.30. The molecule has 0 spiro atoms. The molecule has 2 aromatic heterocycles. The Bertz CT molecular complexity index is 1260. The number of aromatic nitrogens is 2. The Morgan fingerprint density at radius 1 is 1.03 bits per heavy atom. The molecule has 2 amide bonds. The number of carbonyl (C=O) groups excluding carboxylic acids is 2. The number of hydrogen-bond donors (Lipinski definition) is 0. The van der Waals surface area contributed by atoms with Gasteiger partial charge in [0, 0.05) is 50.1 Å². The van der Waals surface area contributed by atoms with Crippen LogP contribution in [0, 0.1) is 6.92 Å². The van der Waals surface area contributed by atoms with Gasteiger partial charge >= 0.3 is 0 Å². The highest BCUT2D eigenvalue weighted by atomic mass is 32.1. The fraction of sp³-hybridized carbons (Fsp3) is 0.417. The number of nitrogens with zero attached hydrogens (tertiary/aromatic N) is 4. The largest absolute Gasteiger partial charge is 0.493 e. The Kier molecular flexibility index (Phi) is 7.16. The molecule has 0 N–H and O–H groups in total. The second-order valence-electron chi connectivity index (χ2n) is 8.15. The predicted octanol–water partition coefficient (Wildman–Crippen LogP) is 2.55. The molecule has 0 saturated carbocycles. The number of rotatable bonds is 7. The molecule has 180 valence electrons. The molecule has 4 rings (SSSR count). The van der Waals surface area contributed by atoms with Crippen LogP contribution >= 0.6 is 11.3 Å². The minimum Gasteiger partial charge on any atom is -0.493 e. The van der Waals surface area contributed by atoms with Crippen molar-refractivity contribution in [3.05, 3.63) is 50.7 Å². The van der Waals surface area contributed by atoms with Gasteiger partial charge in [0.1, 0.15) is 0 Å². The van der Waals surface area contributed by atoms with Gasteiger partial charge in [0.25, 0.3) is 11.5 Å². The molecule has 0 atom stereocenters. The third-order valence-electron chi connectivity index (χ3n) is 5.99. The Morgan fingerprint density at radius 3 is 2.35 bits per heavy atom. The van der Waals surface area contributed by atoms with E-state index in [1.165, 1.54) is 36.5 Å². The van der Waals surface area contributed by atoms with Gasteiger partial charge in [-0.15, -0.1) is 11.3 Å². The normalized spacial score (nSPS) is 13.9. The summed E-state index contributed by atoms with van der Waals surface area (Å²) in [4.78, 5) is 48.0. The first-order valence-electron chi connectivity index (χ1n) is 11.2. The van der Waals surface area contributed by atoms with Crippen molar-refractivity contribution in [3.63, 3.8) is 0 Å². The van der Waals surface area contributed by atoms with Crippen LogP contribution in [-0.2, 0) is 11.3 Å². The van der Waals surface area contributed by atoms with Gasteiger partial charge in [-0.3, -0.25) is 19.0 Å². The molecule has 3 aromatic rings. The number of piperazine rings is 1. The Labute approximate surface area is 201 Å². The first-order chi connectivity index (χ1) is 16.4. The van der Waals surface area contributed by atoms with Gasteiger partial charge in [-0.2, -0.15) is 0 Å². The molecule has 0 bridgehead atoms. The molecule has 1 fully saturated rings. The molecule has 0 unspecified atom stereocenters. The molecule has 34 heavy (non-hydrogen) atoms. The zero-order chi connectivity index (χ0) is 24.2. The molecule has 1 aliphatic heterocycles. The summed E-state index contributed by atoms with van der Waals surface area (Å²) in [6, 6.07) is 7.11. The Balaban J connectivity index is 1.31. The highest BCUT2D eigenvalue weighted by molar-refractivity contribution is 7.13. The van der Waals surface area contributed by atoms with Gasteiger partial charge in [-0.05, 0) is 31.5 Å². The average molecular weight is 485 g/mol. The second-order valence-corrected chi connectivity index (χ2v) is 9.44. The summed E-state index contributed by atoms with van der Waals surface area (Å²) in [7, 11) is 3.05. The predicted molar refractivity (Wildman–Crippen MR) is 130 cm³/mol. The highest BCUT2D eigenvalue weighted by Crippen LogP contribution is 2.29. The maximum atomic E-state index is 12.9. The number of thiophene rings is 1. The van der Waals surface area contributed by atoms with E-state index in [2.05, 4.69) is 4.98 Å². The van der Waals surface area contributed by atoms with E-state index in [-0.39, 0.29) is 17.4 Å². The zero-order valence-electron chi connectivity index (χ0n) is 19.6. The zero-order valence-corrected chi connectivity index (χ0v) is 20.4. The van der Waals surface area contributed by atoms with Crippen LogP contribution in [0.1, 0.15) is 27.4 Å².